The maximum absolute atomic E-state index is 2.52. The van der Waals surface area contributed by atoms with Crippen molar-refractivity contribution in [1.82, 2.24) is 4.90 Å². The van der Waals surface area contributed by atoms with Crippen LogP contribution in [0.25, 0.3) is 0 Å². The van der Waals surface area contributed by atoms with Crippen LogP contribution in [0, 0.1) is 11.3 Å². The predicted octanol–water partition coefficient (Wildman–Crippen LogP) is 2.76. The van der Waals surface area contributed by atoms with E-state index in [0.717, 1.165) is 12.0 Å². The van der Waals surface area contributed by atoms with Crippen LogP contribution in [0.2, 0.25) is 0 Å². The van der Waals surface area contributed by atoms with Gasteiger partial charge >= 0.3 is 0 Å². The molecule has 0 N–H and O–H groups in total. The van der Waals surface area contributed by atoms with Gasteiger partial charge in [0.05, 0.1) is 0 Å². The Bertz CT molecular complexity index is 138. The second kappa shape index (κ2) is 3.37. The fraction of sp³-hybridized carbons (Fsp3) is 1.00. The summed E-state index contributed by atoms with van der Waals surface area (Å²) in [6.45, 7) is 10.6. The molecule has 0 atom stereocenters. The van der Waals surface area contributed by atoms with Gasteiger partial charge < -0.3 is 4.90 Å². The number of hydrogen-bond acceptors (Lipinski definition) is 1. The van der Waals surface area contributed by atoms with Gasteiger partial charge in [-0.15, -0.1) is 0 Å². The predicted molar refractivity (Wildman–Crippen MR) is 54.3 cm³/mol. The molecule has 72 valence electrons. The Morgan fingerprint density at radius 2 is 1.83 bits per heavy atom. The lowest BCUT2D eigenvalue weighted by atomic mass is 9.68. The maximum atomic E-state index is 2.52. The van der Waals surface area contributed by atoms with Gasteiger partial charge in [-0.05, 0) is 31.2 Å². The molecule has 1 nitrogen and oxygen atoms in total. The maximum Gasteiger partial charge on any atom is 0.0102 e. The highest BCUT2D eigenvalue weighted by Crippen LogP contribution is 2.42. The molecule has 1 aliphatic rings. The third-order valence-corrected chi connectivity index (χ3v) is 2.85. The Balaban J connectivity index is 2.23. The number of nitrogens with zero attached hydrogens (tertiary/aromatic N) is 1. The molecule has 0 saturated heterocycles. The molecule has 0 amide bonds. The summed E-state index contributed by atoms with van der Waals surface area (Å²) < 4.78 is 0. The smallest absolute Gasteiger partial charge is 0.0102 e. The van der Waals surface area contributed by atoms with Crippen LogP contribution in [0.15, 0.2) is 0 Å². The fourth-order valence-corrected chi connectivity index (χ4v) is 2.25. The van der Waals surface area contributed by atoms with Gasteiger partial charge in [0, 0.05) is 12.6 Å². The third-order valence-electron chi connectivity index (χ3n) is 2.85. The Kier molecular flexibility index (Phi) is 2.82. The van der Waals surface area contributed by atoms with Crippen LogP contribution >= 0.6 is 0 Å². The Morgan fingerprint density at radius 3 is 2.17 bits per heavy atom. The van der Waals surface area contributed by atoms with Crippen molar-refractivity contribution in [3.05, 3.63) is 0 Å². The molecule has 0 spiro atoms. The summed E-state index contributed by atoms with van der Waals surface area (Å²) >= 11 is 0. The highest BCUT2D eigenvalue weighted by Gasteiger charge is 2.37. The zero-order valence-electron chi connectivity index (χ0n) is 9.22. The van der Waals surface area contributed by atoms with E-state index in [1.54, 1.807) is 0 Å². The molecule has 0 aromatic rings. The number of hydrogen-bond donors (Lipinski definition) is 0. The van der Waals surface area contributed by atoms with Crippen LogP contribution in [0.4, 0.5) is 0 Å². The van der Waals surface area contributed by atoms with Crippen LogP contribution in [0.1, 0.15) is 40.5 Å². The summed E-state index contributed by atoms with van der Waals surface area (Å²) in [5, 5.41) is 0. The lowest BCUT2D eigenvalue weighted by Gasteiger charge is -2.47. The molecule has 12 heavy (non-hydrogen) atoms. The van der Waals surface area contributed by atoms with Crippen molar-refractivity contribution in [3.63, 3.8) is 0 Å². The Morgan fingerprint density at radius 1 is 1.33 bits per heavy atom. The molecule has 0 heterocycles. The monoisotopic (exact) mass is 169 g/mol. The summed E-state index contributed by atoms with van der Waals surface area (Å²) in [4.78, 5) is 2.52. The molecule has 0 aromatic heterocycles. The van der Waals surface area contributed by atoms with Crippen LogP contribution in [0.3, 0.4) is 0 Å². The Hall–Kier alpha value is -0.0400. The molecule has 0 bridgehead atoms. The van der Waals surface area contributed by atoms with Gasteiger partial charge in [-0.3, -0.25) is 0 Å². The molecule has 1 fully saturated rings. The van der Waals surface area contributed by atoms with Crippen LogP contribution in [-0.2, 0) is 0 Å². The second-order valence-corrected chi connectivity index (χ2v) is 5.56. The average molecular weight is 169 g/mol. The first-order chi connectivity index (χ1) is 5.41. The van der Waals surface area contributed by atoms with Gasteiger partial charge in [0.15, 0.2) is 0 Å². The zero-order valence-corrected chi connectivity index (χ0v) is 9.22. The van der Waals surface area contributed by atoms with E-state index in [0.29, 0.717) is 5.41 Å². The largest absolute Gasteiger partial charge is 0.303 e. The van der Waals surface area contributed by atoms with E-state index >= 15 is 0 Å². The summed E-state index contributed by atoms with van der Waals surface area (Å²) in [6.07, 6.45) is 2.77. The van der Waals surface area contributed by atoms with E-state index in [1.807, 2.05) is 0 Å². The van der Waals surface area contributed by atoms with Crippen molar-refractivity contribution < 1.29 is 0 Å². The van der Waals surface area contributed by atoms with Crippen molar-refractivity contribution in [3.8, 4) is 0 Å². The SMILES string of the molecule is CC(C)CN(C)C1CC(C)(C)C1. The highest BCUT2D eigenvalue weighted by molar-refractivity contribution is 4.92. The van der Waals surface area contributed by atoms with Crippen molar-refractivity contribution in [2.45, 2.75) is 46.6 Å². The fourth-order valence-electron chi connectivity index (χ4n) is 2.25. The van der Waals surface area contributed by atoms with Gasteiger partial charge in [0.1, 0.15) is 0 Å². The topological polar surface area (TPSA) is 3.24 Å². The minimum atomic E-state index is 0.621. The second-order valence-electron chi connectivity index (χ2n) is 5.56. The van der Waals surface area contributed by atoms with Crippen molar-refractivity contribution in [2.75, 3.05) is 13.6 Å². The van der Waals surface area contributed by atoms with E-state index in [9.17, 15) is 0 Å². The molecule has 0 unspecified atom stereocenters. The van der Waals surface area contributed by atoms with Gasteiger partial charge in [-0.2, -0.15) is 0 Å². The van der Waals surface area contributed by atoms with E-state index in [1.165, 1.54) is 19.4 Å². The van der Waals surface area contributed by atoms with E-state index in [2.05, 4.69) is 39.6 Å². The van der Waals surface area contributed by atoms with E-state index in [-0.39, 0.29) is 0 Å². The summed E-state index contributed by atoms with van der Waals surface area (Å²) in [7, 11) is 2.26. The number of rotatable bonds is 3. The van der Waals surface area contributed by atoms with Crippen molar-refractivity contribution in [1.29, 1.82) is 0 Å². The highest BCUT2D eigenvalue weighted by atomic mass is 15.1. The van der Waals surface area contributed by atoms with Crippen molar-refractivity contribution in [2.24, 2.45) is 11.3 Å². The lowest BCUT2D eigenvalue weighted by molar-refractivity contribution is 0.0357. The molecule has 1 saturated carbocycles. The van der Waals surface area contributed by atoms with Gasteiger partial charge in [0.2, 0.25) is 0 Å². The molecular formula is C11H23N. The lowest BCUT2D eigenvalue weighted by Crippen LogP contribution is -2.47. The van der Waals surface area contributed by atoms with E-state index in [4.69, 9.17) is 0 Å². The molecule has 1 rings (SSSR count). The van der Waals surface area contributed by atoms with E-state index < -0.39 is 0 Å². The minimum Gasteiger partial charge on any atom is -0.303 e. The third kappa shape index (κ3) is 2.48. The van der Waals surface area contributed by atoms with Crippen LogP contribution in [-0.4, -0.2) is 24.5 Å². The standard InChI is InChI=1S/C11H23N/c1-9(2)8-12(5)10-6-11(3,4)7-10/h9-10H,6-8H2,1-5H3. The molecule has 0 aliphatic heterocycles. The van der Waals surface area contributed by atoms with Crippen molar-refractivity contribution >= 4 is 0 Å². The Labute approximate surface area is 77.1 Å². The molecule has 1 aliphatic carbocycles. The van der Waals surface area contributed by atoms with Crippen LogP contribution in [0.5, 0.6) is 0 Å². The molecule has 0 aromatic carbocycles. The first kappa shape index (κ1) is 10.0. The normalized spacial score (nSPS) is 23.2. The average Bonchev–Trinajstić information content (AvgIpc) is 1.80. The first-order valence-electron chi connectivity index (χ1n) is 5.11. The molecule has 1 heteroatoms. The molecular weight excluding hydrogens is 146 g/mol. The van der Waals surface area contributed by atoms with Gasteiger partial charge in [-0.1, -0.05) is 27.7 Å². The summed E-state index contributed by atoms with van der Waals surface area (Å²) in [5.74, 6) is 0.804. The minimum absolute atomic E-state index is 0.621. The molecule has 0 radical (unpaired) electrons. The van der Waals surface area contributed by atoms with Gasteiger partial charge in [0.25, 0.3) is 0 Å². The van der Waals surface area contributed by atoms with Crippen LogP contribution < -0.4 is 0 Å². The zero-order chi connectivity index (χ0) is 9.35. The quantitative estimate of drug-likeness (QED) is 0.628. The first-order valence-corrected chi connectivity index (χ1v) is 5.11. The summed E-state index contributed by atoms with van der Waals surface area (Å²) in [5.41, 5.74) is 0.621. The van der Waals surface area contributed by atoms with Gasteiger partial charge in [-0.25, -0.2) is 0 Å². The summed E-state index contributed by atoms with van der Waals surface area (Å²) in [6, 6.07) is 0.863.